The lowest BCUT2D eigenvalue weighted by Gasteiger charge is -2.08. The summed E-state index contributed by atoms with van der Waals surface area (Å²) in [6, 6.07) is 7.00. The molecule has 7 nitrogen and oxygen atoms in total. The lowest BCUT2D eigenvalue weighted by atomic mass is 10.2. The number of nitrogen functional groups attached to an aromatic ring is 1. The molecule has 0 spiro atoms. The summed E-state index contributed by atoms with van der Waals surface area (Å²) >= 11 is 5.94. The Kier molecular flexibility index (Phi) is 4.44. The van der Waals surface area contributed by atoms with E-state index in [1.807, 2.05) is 0 Å². The van der Waals surface area contributed by atoms with Crippen LogP contribution in [0.4, 0.5) is 11.4 Å². The highest BCUT2D eigenvalue weighted by Crippen LogP contribution is 2.24. The van der Waals surface area contributed by atoms with Crippen LogP contribution in [0.15, 0.2) is 39.9 Å². The Labute approximate surface area is 124 Å². The van der Waals surface area contributed by atoms with Gasteiger partial charge in [-0.3, -0.25) is 19.5 Å². The third-order valence-electron chi connectivity index (χ3n) is 2.72. The molecule has 4 N–H and O–H groups in total. The van der Waals surface area contributed by atoms with Crippen molar-refractivity contribution in [1.29, 1.82) is 0 Å². The van der Waals surface area contributed by atoms with Crippen LogP contribution in [0.5, 0.6) is 0 Å². The number of hydrogen-bond donors (Lipinski definition) is 3. The number of nitrogens with two attached hydrogens (primary N) is 1. The second-order valence-electron chi connectivity index (χ2n) is 4.34. The van der Waals surface area contributed by atoms with Gasteiger partial charge in [0.1, 0.15) is 0 Å². The minimum Gasteiger partial charge on any atom is -0.399 e. The maximum Gasteiger partial charge on any atom is 0.265 e. The smallest absolute Gasteiger partial charge is 0.265 e. The fourth-order valence-electron chi connectivity index (χ4n) is 1.69. The number of benzene rings is 1. The minimum atomic E-state index is -0.406. The van der Waals surface area contributed by atoms with E-state index in [1.165, 1.54) is 6.07 Å². The second-order valence-corrected chi connectivity index (χ2v) is 4.74. The van der Waals surface area contributed by atoms with Gasteiger partial charge in [-0.15, -0.1) is 0 Å². The number of anilines is 2. The lowest BCUT2D eigenvalue weighted by molar-refractivity contribution is -0.116. The summed E-state index contributed by atoms with van der Waals surface area (Å²) in [7, 11) is 0. The molecule has 0 radical (unpaired) electrons. The second kappa shape index (κ2) is 6.27. The normalized spacial score (nSPS) is 10.3. The van der Waals surface area contributed by atoms with Crippen molar-refractivity contribution >= 4 is 28.9 Å². The van der Waals surface area contributed by atoms with E-state index in [-0.39, 0.29) is 24.4 Å². The summed E-state index contributed by atoms with van der Waals surface area (Å²) in [5.74, 6) is -0.335. The van der Waals surface area contributed by atoms with Gasteiger partial charge in [-0.05, 0) is 18.2 Å². The molecule has 110 valence electrons. The summed E-state index contributed by atoms with van der Waals surface area (Å²) in [4.78, 5) is 34.4. The Bertz CT molecular complexity index is 781. The van der Waals surface area contributed by atoms with Crippen LogP contribution >= 0.6 is 11.6 Å². The first-order chi connectivity index (χ1) is 9.95. The number of hydrogen-bond acceptors (Lipinski definition) is 4. The zero-order chi connectivity index (χ0) is 15.4. The molecule has 0 saturated heterocycles. The fraction of sp³-hybridized carbons (Fsp3) is 0.154. The highest BCUT2D eigenvalue weighted by molar-refractivity contribution is 6.34. The molecule has 0 aliphatic rings. The number of aromatic amines is 1. The number of halogens is 1. The van der Waals surface area contributed by atoms with Crippen molar-refractivity contribution in [1.82, 2.24) is 9.78 Å². The first-order valence-corrected chi connectivity index (χ1v) is 6.48. The maximum atomic E-state index is 11.8. The van der Waals surface area contributed by atoms with E-state index in [9.17, 15) is 14.4 Å². The number of amides is 1. The lowest BCUT2D eigenvalue weighted by Crippen LogP contribution is -2.29. The van der Waals surface area contributed by atoms with Crippen molar-refractivity contribution in [3.8, 4) is 0 Å². The topological polar surface area (TPSA) is 110 Å². The predicted octanol–water partition coefficient (Wildman–Crippen LogP) is 0.801. The number of carbonyl (C=O) groups excluding carboxylic acids is 1. The third-order valence-corrected chi connectivity index (χ3v) is 3.03. The van der Waals surface area contributed by atoms with Crippen molar-refractivity contribution in [3.63, 3.8) is 0 Å². The molecular weight excluding hydrogens is 296 g/mol. The van der Waals surface area contributed by atoms with Gasteiger partial charge in [0.15, 0.2) is 0 Å². The van der Waals surface area contributed by atoms with E-state index < -0.39 is 5.56 Å². The fourth-order valence-corrected chi connectivity index (χ4v) is 1.92. The SMILES string of the molecule is Nc1ccc(NC(=O)CCn2[nH]c(=O)ccc2=O)c(Cl)c1. The van der Waals surface area contributed by atoms with E-state index in [4.69, 9.17) is 17.3 Å². The third kappa shape index (κ3) is 3.96. The van der Waals surface area contributed by atoms with Crippen molar-refractivity contribution in [3.05, 3.63) is 56.1 Å². The van der Waals surface area contributed by atoms with Crippen LogP contribution < -0.4 is 22.2 Å². The molecule has 0 aliphatic heterocycles. The molecule has 1 amide bonds. The van der Waals surface area contributed by atoms with Crippen molar-refractivity contribution in [2.24, 2.45) is 0 Å². The largest absolute Gasteiger partial charge is 0.399 e. The summed E-state index contributed by atoms with van der Waals surface area (Å²) in [5, 5.41) is 5.28. The Morgan fingerprint density at radius 2 is 2.05 bits per heavy atom. The zero-order valence-electron chi connectivity index (χ0n) is 10.9. The average Bonchev–Trinajstić information content (AvgIpc) is 2.43. The predicted molar refractivity (Wildman–Crippen MR) is 80.4 cm³/mol. The molecule has 0 atom stereocenters. The highest BCUT2D eigenvalue weighted by atomic mass is 35.5. The van der Waals surface area contributed by atoms with Crippen LogP contribution in [0.2, 0.25) is 5.02 Å². The van der Waals surface area contributed by atoms with Gasteiger partial charge in [0, 0.05) is 24.2 Å². The Hall–Kier alpha value is -2.54. The van der Waals surface area contributed by atoms with E-state index >= 15 is 0 Å². The summed E-state index contributed by atoms with van der Waals surface area (Å²) in [6.07, 6.45) is 0.0144. The molecule has 21 heavy (non-hydrogen) atoms. The average molecular weight is 309 g/mol. The van der Waals surface area contributed by atoms with Gasteiger partial charge in [0.2, 0.25) is 5.91 Å². The standard InChI is InChI=1S/C13H13ClN4O3/c14-9-7-8(15)1-2-10(9)16-11(19)5-6-18-13(21)4-3-12(20)17-18/h1-4,7H,5-6,15H2,(H,16,19)(H,17,20). The van der Waals surface area contributed by atoms with Gasteiger partial charge >= 0.3 is 0 Å². The first kappa shape index (κ1) is 14.9. The summed E-state index contributed by atoms with van der Waals surface area (Å²) in [5.41, 5.74) is 5.69. The Balaban J connectivity index is 2.00. The minimum absolute atomic E-state index is 0.0144. The molecular formula is C13H13ClN4O3. The summed E-state index contributed by atoms with van der Waals surface area (Å²) < 4.78 is 1.08. The number of rotatable bonds is 4. The van der Waals surface area contributed by atoms with Crippen LogP contribution in [0.1, 0.15) is 6.42 Å². The van der Waals surface area contributed by atoms with Crippen LogP contribution in [0, 0.1) is 0 Å². The number of aromatic nitrogens is 2. The molecule has 0 aliphatic carbocycles. The van der Waals surface area contributed by atoms with E-state index in [2.05, 4.69) is 10.4 Å². The van der Waals surface area contributed by atoms with E-state index in [0.717, 1.165) is 16.8 Å². The molecule has 1 aromatic carbocycles. The van der Waals surface area contributed by atoms with Crippen molar-refractivity contribution in [2.45, 2.75) is 13.0 Å². The van der Waals surface area contributed by atoms with Gasteiger partial charge in [-0.25, -0.2) is 4.68 Å². The number of carbonyl (C=O) groups is 1. The molecule has 0 unspecified atom stereocenters. The van der Waals surface area contributed by atoms with Gasteiger partial charge in [-0.1, -0.05) is 11.6 Å². The van der Waals surface area contributed by atoms with E-state index in [1.54, 1.807) is 12.1 Å². The van der Waals surface area contributed by atoms with E-state index in [0.29, 0.717) is 16.4 Å². The molecule has 1 heterocycles. The molecule has 1 aromatic heterocycles. The van der Waals surface area contributed by atoms with Crippen molar-refractivity contribution < 1.29 is 4.79 Å². The van der Waals surface area contributed by atoms with Crippen molar-refractivity contribution in [2.75, 3.05) is 11.1 Å². The zero-order valence-corrected chi connectivity index (χ0v) is 11.7. The maximum absolute atomic E-state index is 11.8. The Morgan fingerprint density at radius 3 is 2.76 bits per heavy atom. The molecule has 2 rings (SSSR count). The molecule has 0 fully saturated rings. The number of nitrogens with zero attached hydrogens (tertiary/aromatic N) is 1. The quantitative estimate of drug-likeness (QED) is 0.726. The van der Waals surface area contributed by atoms with Crippen LogP contribution in [-0.2, 0) is 11.3 Å². The molecule has 0 saturated carbocycles. The van der Waals surface area contributed by atoms with Gasteiger partial charge in [0.25, 0.3) is 11.1 Å². The van der Waals surface area contributed by atoms with Gasteiger partial charge < -0.3 is 11.1 Å². The number of nitrogens with one attached hydrogen (secondary N) is 2. The summed E-state index contributed by atoms with van der Waals surface area (Å²) in [6.45, 7) is 0.0628. The molecule has 0 bridgehead atoms. The number of H-pyrrole nitrogens is 1. The van der Waals surface area contributed by atoms with Gasteiger partial charge in [-0.2, -0.15) is 0 Å². The monoisotopic (exact) mass is 308 g/mol. The molecule has 2 aromatic rings. The highest BCUT2D eigenvalue weighted by Gasteiger charge is 2.07. The molecule has 8 heteroatoms. The van der Waals surface area contributed by atoms with Crippen LogP contribution in [-0.4, -0.2) is 15.7 Å². The Morgan fingerprint density at radius 1 is 1.29 bits per heavy atom. The van der Waals surface area contributed by atoms with Crippen LogP contribution in [0.3, 0.4) is 0 Å². The van der Waals surface area contributed by atoms with Gasteiger partial charge in [0.05, 0.1) is 17.3 Å². The number of aryl methyl sites for hydroxylation is 1. The van der Waals surface area contributed by atoms with Crippen LogP contribution in [0.25, 0.3) is 0 Å². The first-order valence-electron chi connectivity index (χ1n) is 6.11.